The smallest absolute Gasteiger partial charge is 0.233 e. The zero-order valence-corrected chi connectivity index (χ0v) is 12.5. The van der Waals surface area contributed by atoms with Gasteiger partial charge in [0.05, 0.1) is 0 Å². The van der Waals surface area contributed by atoms with Crippen LogP contribution in [0.25, 0.3) is 0 Å². The third-order valence-electron chi connectivity index (χ3n) is 3.12. The molecule has 23 heavy (non-hydrogen) atoms. The first-order valence-electron chi connectivity index (χ1n) is 7.02. The Balaban J connectivity index is 1.86. The van der Waals surface area contributed by atoms with E-state index in [0.717, 1.165) is 23.3 Å². The largest absolute Gasteiger partial charge is 0.352 e. The maximum absolute atomic E-state index is 13.4. The zero-order chi connectivity index (χ0) is 16.8. The number of hydrogen-bond acceptors (Lipinski definition) is 2. The molecule has 2 aromatic carbocycles. The van der Waals surface area contributed by atoms with Crippen LogP contribution in [0.15, 0.2) is 42.5 Å². The van der Waals surface area contributed by atoms with Gasteiger partial charge < -0.3 is 10.6 Å². The summed E-state index contributed by atoms with van der Waals surface area (Å²) in [5, 5.41) is 4.65. The molecule has 0 aliphatic rings. The molecule has 0 aromatic heterocycles. The minimum absolute atomic E-state index is 0.280. The summed E-state index contributed by atoms with van der Waals surface area (Å²) in [6.07, 6.45) is -0.514. The van der Waals surface area contributed by atoms with E-state index in [-0.39, 0.29) is 6.54 Å². The van der Waals surface area contributed by atoms with Crippen LogP contribution >= 0.6 is 0 Å². The van der Waals surface area contributed by atoms with E-state index < -0.39 is 35.6 Å². The number of amides is 2. The van der Waals surface area contributed by atoms with Crippen LogP contribution in [0.5, 0.6) is 0 Å². The minimum Gasteiger partial charge on any atom is -0.352 e. The Hall–Kier alpha value is -2.76. The molecule has 0 saturated carbocycles. The highest BCUT2D eigenvalue weighted by atomic mass is 19.1. The van der Waals surface area contributed by atoms with Crippen LogP contribution in [-0.2, 0) is 16.1 Å². The third-order valence-corrected chi connectivity index (χ3v) is 3.12. The Bertz CT molecular complexity index is 712. The monoisotopic (exact) mass is 318 g/mol. The standard InChI is InChI=1S/C17H16F2N2O2/c1-11-4-2-5-12(8-11)10-20-15(22)9-16(23)21-17-13(18)6-3-7-14(17)19/h2-8H,9-10H2,1H3,(H,20,22)(H,21,23). The highest BCUT2D eigenvalue weighted by Crippen LogP contribution is 2.18. The molecule has 0 heterocycles. The molecule has 4 nitrogen and oxygen atoms in total. The van der Waals surface area contributed by atoms with Crippen LogP contribution in [0.3, 0.4) is 0 Å². The van der Waals surface area contributed by atoms with Crippen molar-refractivity contribution in [3.63, 3.8) is 0 Å². The quantitative estimate of drug-likeness (QED) is 0.833. The van der Waals surface area contributed by atoms with Gasteiger partial charge in [-0.2, -0.15) is 0 Å². The maximum atomic E-state index is 13.4. The molecule has 0 unspecified atom stereocenters. The van der Waals surface area contributed by atoms with E-state index in [1.807, 2.05) is 31.2 Å². The fraction of sp³-hybridized carbons (Fsp3) is 0.176. The number of halogens is 2. The molecule has 2 amide bonds. The van der Waals surface area contributed by atoms with Gasteiger partial charge in [-0.3, -0.25) is 9.59 Å². The maximum Gasteiger partial charge on any atom is 0.233 e. The minimum atomic E-state index is -0.890. The normalized spacial score (nSPS) is 10.2. The molecule has 2 N–H and O–H groups in total. The molecule has 120 valence electrons. The molecule has 2 rings (SSSR count). The fourth-order valence-electron chi connectivity index (χ4n) is 2.03. The van der Waals surface area contributed by atoms with Gasteiger partial charge in [-0.15, -0.1) is 0 Å². The second kappa shape index (κ2) is 7.49. The van der Waals surface area contributed by atoms with Gasteiger partial charge in [-0.05, 0) is 24.6 Å². The van der Waals surface area contributed by atoms with E-state index in [1.165, 1.54) is 6.07 Å². The topological polar surface area (TPSA) is 58.2 Å². The summed E-state index contributed by atoms with van der Waals surface area (Å²) < 4.78 is 26.8. The van der Waals surface area contributed by atoms with Crippen molar-refractivity contribution in [1.29, 1.82) is 0 Å². The van der Waals surface area contributed by atoms with Crippen LogP contribution in [0.1, 0.15) is 17.5 Å². The van der Waals surface area contributed by atoms with Crippen molar-refractivity contribution >= 4 is 17.5 Å². The summed E-state index contributed by atoms with van der Waals surface area (Å²) >= 11 is 0. The molecule has 0 aliphatic carbocycles. The molecule has 2 aromatic rings. The number of anilines is 1. The third kappa shape index (κ3) is 4.88. The van der Waals surface area contributed by atoms with Crippen molar-refractivity contribution < 1.29 is 18.4 Å². The molecule has 0 saturated heterocycles. The molecule has 0 atom stereocenters. The molecule has 0 bridgehead atoms. The summed E-state index contributed by atoms with van der Waals surface area (Å²) in [4.78, 5) is 23.4. The van der Waals surface area contributed by atoms with E-state index in [2.05, 4.69) is 10.6 Å². The summed E-state index contributed by atoms with van der Waals surface area (Å²) in [7, 11) is 0. The lowest BCUT2D eigenvalue weighted by atomic mass is 10.1. The van der Waals surface area contributed by atoms with Crippen molar-refractivity contribution in [1.82, 2.24) is 5.32 Å². The van der Waals surface area contributed by atoms with Gasteiger partial charge in [0.15, 0.2) is 0 Å². The number of para-hydroxylation sites is 1. The van der Waals surface area contributed by atoms with Gasteiger partial charge in [0.2, 0.25) is 11.8 Å². The van der Waals surface area contributed by atoms with Crippen molar-refractivity contribution in [2.45, 2.75) is 19.9 Å². The first-order valence-corrected chi connectivity index (χ1v) is 7.02. The van der Waals surface area contributed by atoms with E-state index in [9.17, 15) is 18.4 Å². The summed E-state index contributed by atoms with van der Waals surface area (Å²) in [5.41, 5.74) is 1.41. The van der Waals surface area contributed by atoms with Crippen LogP contribution in [0, 0.1) is 18.6 Å². The number of hydrogen-bond donors (Lipinski definition) is 2. The number of nitrogens with one attached hydrogen (secondary N) is 2. The molecule has 0 aliphatic heterocycles. The lowest BCUT2D eigenvalue weighted by Gasteiger charge is -2.08. The summed E-state index contributed by atoms with van der Waals surface area (Å²) in [6, 6.07) is 10.8. The molecular formula is C17H16F2N2O2. The van der Waals surface area contributed by atoms with Crippen LogP contribution < -0.4 is 10.6 Å². The fourth-order valence-corrected chi connectivity index (χ4v) is 2.03. The summed E-state index contributed by atoms with van der Waals surface area (Å²) in [5.74, 6) is -3.09. The Kier molecular flexibility index (Phi) is 5.41. The second-order valence-electron chi connectivity index (χ2n) is 5.09. The first kappa shape index (κ1) is 16.6. The van der Waals surface area contributed by atoms with Gasteiger partial charge in [0, 0.05) is 6.54 Å². The molecule has 0 radical (unpaired) electrons. The van der Waals surface area contributed by atoms with Crippen LogP contribution in [0.4, 0.5) is 14.5 Å². The lowest BCUT2D eigenvalue weighted by Crippen LogP contribution is -2.28. The van der Waals surface area contributed by atoms with Gasteiger partial charge in [-0.1, -0.05) is 35.9 Å². The molecule has 6 heteroatoms. The van der Waals surface area contributed by atoms with Gasteiger partial charge >= 0.3 is 0 Å². The molecule has 0 fully saturated rings. The van der Waals surface area contributed by atoms with Crippen molar-refractivity contribution in [2.24, 2.45) is 0 Å². The van der Waals surface area contributed by atoms with Crippen molar-refractivity contribution in [2.75, 3.05) is 5.32 Å². The number of benzene rings is 2. The highest BCUT2D eigenvalue weighted by molar-refractivity contribution is 6.03. The van der Waals surface area contributed by atoms with E-state index >= 15 is 0 Å². The average Bonchev–Trinajstić information content (AvgIpc) is 2.49. The Labute approximate surface area is 132 Å². The SMILES string of the molecule is Cc1cccc(CNC(=O)CC(=O)Nc2c(F)cccc2F)c1. The van der Waals surface area contributed by atoms with Gasteiger partial charge in [0.25, 0.3) is 0 Å². The predicted octanol–water partition coefficient (Wildman–Crippen LogP) is 2.92. The first-order chi connectivity index (χ1) is 11.0. The van der Waals surface area contributed by atoms with Gasteiger partial charge in [0.1, 0.15) is 23.7 Å². The average molecular weight is 318 g/mol. The zero-order valence-electron chi connectivity index (χ0n) is 12.5. The Morgan fingerprint density at radius 2 is 1.65 bits per heavy atom. The van der Waals surface area contributed by atoms with E-state index in [4.69, 9.17) is 0 Å². The van der Waals surface area contributed by atoms with Crippen LogP contribution in [0.2, 0.25) is 0 Å². The predicted molar refractivity (Wildman–Crippen MR) is 82.6 cm³/mol. The number of carbonyl (C=O) groups is 2. The van der Waals surface area contributed by atoms with Crippen molar-refractivity contribution in [3.05, 3.63) is 65.2 Å². The number of carbonyl (C=O) groups excluding carboxylic acids is 2. The molecular weight excluding hydrogens is 302 g/mol. The number of rotatable bonds is 5. The molecule has 0 spiro atoms. The highest BCUT2D eigenvalue weighted by Gasteiger charge is 2.14. The van der Waals surface area contributed by atoms with Gasteiger partial charge in [-0.25, -0.2) is 8.78 Å². The van der Waals surface area contributed by atoms with Crippen LogP contribution in [-0.4, -0.2) is 11.8 Å². The lowest BCUT2D eigenvalue weighted by molar-refractivity contribution is -0.126. The Morgan fingerprint density at radius 3 is 2.30 bits per heavy atom. The summed E-state index contributed by atoms with van der Waals surface area (Å²) in [6.45, 7) is 2.21. The van der Waals surface area contributed by atoms with E-state index in [0.29, 0.717) is 0 Å². The Morgan fingerprint density at radius 1 is 1.00 bits per heavy atom. The van der Waals surface area contributed by atoms with E-state index in [1.54, 1.807) is 0 Å². The second-order valence-corrected chi connectivity index (χ2v) is 5.09. The number of aryl methyl sites for hydroxylation is 1. The van der Waals surface area contributed by atoms with Crippen molar-refractivity contribution in [3.8, 4) is 0 Å².